The third kappa shape index (κ3) is 6.03. The molecule has 0 radical (unpaired) electrons. The number of hydrogen-bond acceptors (Lipinski definition) is 6. The second kappa shape index (κ2) is 11.1. The van der Waals surface area contributed by atoms with E-state index in [-0.39, 0.29) is 5.91 Å². The maximum Gasteiger partial charge on any atom is 0.234 e. The van der Waals surface area contributed by atoms with Crippen molar-refractivity contribution in [1.82, 2.24) is 4.90 Å². The Morgan fingerprint density at radius 1 is 0.912 bits per heavy atom. The van der Waals surface area contributed by atoms with Crippen LogP contribution in [0.4, 0.5) is 17.1 Å². The van der Waals surface area contributed by atoms with Crippen LogP contribution in [0.25, 0.3) is 0 Å². The number of hydrogen-bond donors (Lipinski definition) is 1. The smallest absolute Gasteiger partial charge is 0.234 e. The van der Waals surface area contributed by atoms with Gasteiger partial charge >= 0.3 is 0 Å². The molecule has 0 saturated carbocycles. The second-order valence-electron chi connectivity index (χ2n) is 8.43. The van der Waals surface area contributed by atoms with Gasteiger partial charge in [-0.05, 0) is 41.5 Å². The molecule has 0 spiro atoms. The molecule has 5 nitrogen and oxygen atoms in total. The van der Waals surface area contributed by atoms with Gasteiger partial charge in [0.05, 0.1) is 11.4 Å². The number of piperazine rings is 1. The maximum absolute atomic E-state index is 12.5. The topological polar surface area (TPSA) is 47.9 Å². The number of anilines is 2. The zero-order chi connectivity index (χ0) is 23.2. The molecular formula is C27H28N4OS2. The Kier molecular flexibility index (Phi) is 7.53. The Balaban J connectivity index is 1.08. The number of aliphatic imine (C=N–C) groups is 1. The van der Waals surface area contributed by atoms with Crippen LogP contribution in [0.5, 0.6) is 0 Å². The normalized spacial score (nSPS) is 16.0. The summed E-state index contributed by atoms with van der Waals surface area (Å²) in [5, 5.41) is 3.01. The largest absolute Gasteiger partial charge is 0.369 e. The summed E-state index contributed by atoms with van der Waals surface area (Å²) in [5.74, 6) is 1.26. The molecule has 0 aromatic heterocycles. The Hall–Kier alpha value is -2.74. The van der Waals surface area contributed by atoms with Gasteiger partial charge in [-0.15, -0.1) is 0 Å². The average molecular weight is 489 g/mol. The Bertz CT molecular complexity index is 1140. The molecule has 0 atom stereocenters. The zero-order valence-corrected chi connectivity index (χ0v) is 20.7. The molecule has 0 bridgehead atoms. The summed E-state index contributed by atoms with van der Waals surface area (Å²) >= 11 is 3.20. The minimum Gasteiger partial charge on any atom is -0.369 e. The van der Waals surface area contributed by atoms with Gasteiger partial charge in [0.25, 0.3) is 0 Å². The van der Waals surface area contributed by atoms with E-state index in [4.69, 9.17) is 0 Å². The highest BCUT2D eigenvalue weighted by Gasteiger charge is 2.18. The van der Waals surface area contributed by atoms with Crippen molar-refractivity contribution in [1.29, 1.82) is 0 Å². The molecule has 1 saturated heterocycles. The van der Waals surface area contributed by atoms with Gasteiger partial charge in [0.15, 0.2) is 0 Å². The lowest BCUT2D eigenvalue weighted by Gasteiger charge is -2.36. The SMILES string of the molecule is O=C(CSC1=Nc2ccccc2CS1)Nc1ccc(N2CCN(Cc3ccccc3)CC2)cc1. The average Bonchev–Trinajstić information content (AvgIpc) is 2.89. The lowest BCUT2D eigenvalue weighted by molar-refractivity contribution is -0.113. The quantitative estimate of drug-likeness (QED) is 0.488. The van der Waals surface area contributed by atoms with E-state index in [2.05, 4.69) is 68.6 Å². The number of nitrogens with one attached hydrogen (secondary N) is 1. The molecule has 3 aromatic rings. The molecule has 34 heavy (non-hydrogen) atoms. The predicted octanol–water partition coefficient (Wildman–Crippen LogP) is 5.62. The van der Waals surface area contributed by atoms with Crippen LogP contribution < -0.4 is 10.2 Å². The molecule has 7 heteroatoms. The molecule has 2 aliphatic rings. The molecule has 5 rings (SSSR count). The van der Waals surface area contributed by atoms with Crippen molar-refractivity contribution in [3.8, 4) is 0 Å². The number of benzene rings is 3. The van der Waals surface area contributed by atoms with E-state index in [9.17, 15) is 4.79 Å². The summed E-state index contributed by atoms with van der Waals surface area (Å²) in [7, 11) is 0. The van der Waals surface area contributed by atoms with Crippen molar-refractivity contribution in [2.24, 2.45) is 4.99 Å². The second-order valence-corrected chi connectivity index (χ2v) is 10.6. The maximum atomic E-state index is 12.5. The van der Waals surface area contributed by atoms with Crippen molar-refractivity contribution in [3.63, 3.8) is 0 Å². The number of amides is 1. The van der Waals surface area contributed by atoms with Crippen LogP contribution in [0, 0.1) is 0 Å². The molecule has 0 unspecified atom stereocenters. The van der Waals surface area contributed by atoms with Crippen LogP contribution in [0.2, 0.25) is 0 Å². The van der Waals surface area contributed by atoms with E-state index in [1.165, 1.54) is 28.6 Å². The molecule has 3 aromatic carbocycles. The van der Waals surface area contributed by atoms with Crippen LogP contribution >= 0.6 is 23.5 Å². The fraction of sp³-hybridized carbons (Fsp3) is 0.259. The first kappa shape index (κ1) is 23.0. The number of fused-ring (bicyclic) bond motifs is 1. The first-order valence-electron chi connectivity index (χ1n) is 11.6. The van der Waals surface area contributed by atoms with Gasteiger partial charge in [0.1, 0.15) is 4.38 Å². The van der Waals surface area contributed by atoms with Gasteiger partial charge < -0.3 is 10.2 Å². The highest BCUT2D eigenvalue weighted by Crippen LogP contribution is 2.34. The Morgan fingerprint density at radius 3 is 2.44 bits per heavy atom. The highest BCUT2D eigenvalue weighted by molar-refractivity contribution is 8.38. The summed E-state index contributed by atoms with van der Waals surface area (Å²) in [6, 6.07) is 27.0. The molecule has 1 amide bonds. The summed E-state index contributed by atoms with van der Waals surface area (Å²) in [5.41, 5.74) is 5.67. The Morgan fingerprint density at radius 2 is 1.65 bits per heavy atom. The standard InChI is InChI=1S/C27H28N4OS2/c32-26(20-34-27-29-25-9-5-4-8-22(25)19-33-27)28-23-10-12-24(13-11-23)31-16-14-30(15-17-31)18-21-6-2-1-3-7-21/h1-13H,14-20H2,(H,28,32). The minimum absolute atomic E-state index is 0.00515. The van der Waals surface area contributed by atoms with Crippen molar-refractivity contribution < 1.29 is 4.79 Å². The number of rotatable bonds is 6. The lowest BCUT2D eigenvalue weighted by atomic mass is 10.2. The van der Waals surface area contributed by atoms with Gasteiger partial charge in [-0.1, -0.05) is 72.1 Å². The minimum atomic E-state index is -0.00515. The van der Waals surface area contributed by atoms with E-state index in [0.29, 0.717) is 5.75 Å². The fourth-order valence-corrected chi connectivity index (χ4v) is 6.03. The van der Waals surface area contributed by atoms with Gasteiger partial charge in [-0.2, -0.15) is 0 Å². The first-order chi connectivity index (χ1) is 16.7. The van der Waals surface area contributed by atoms with E-state index < -0.39 is 0 Å². The van der Waals surface area contributed by atoms with Gasteiger partial charge in [0.2, 0.25) is 5.91 Å². The van der Waals surface area contributed by atoms with Crippen LogP contribution in [-0.4, -0.2) is 47.1 Å². The van der Waals surface area contributed by atoms with E-state index in [1.807, 2.05) is 30.3 Å². The summed E-state index contributed by atoms with van der Waals surface area (Å²) in [4.78, 5) is 22.1. The molecule has 2 heterocycles. The molecule has 1 fully saturated rings. The number of carbonyl (C=O) groups excluding carboxylic acids is 1. The van der Waals surface area contributed by atoms with Crippen molar-refractivity contribution in [2.45, 2.75) is 12.3 Å². The van der Waals surface area contributed by atoms with Crippen LogP contribution in [-0.2, 0) is 17.1 Å². The van der Waals surface area contributed by atoms with Crippen LogP contribution in [0.1, 0.15) is 11.1 Å². The summed E-state index contributed by atoms with van der Waals surface area (Å²) < 4.78 is 0.954. The highest BCUT2D eigenvalue weighted by atomic mass is 32.2. The summed E-state index contributed by atoms with van der Waals surface area (Å²) in [6.07, 6.45) is 0. The van der Waals surface area contributed by atoms with E-state index in [0.717, 1.165) is 54.2 Å². The molecule has 0 aliphatic carbocycles. The van der Waals surface area contributed by atoms with Gasteiger partial charge in [-0.3, -0.25) is 9.69 Å². The van der Waals surface area contributed by atoms with Crippen LogP contribution in [0.3, 0.4) is 0 Å². The molecule has 2 aliphatic heterocycles. The monoisotopic (exact) mass is 488 g/mol. The predicted molar refractivity (Wildman–Crippen MR) is 146 cm³/mol. The number of thioether (sulfide) groups is 2. The lowest BCUT2D eigenvalue weighted by Crippen LogP contribution is -2.45. The van der Waals surface area contributed by atoms with Crippen molar-refractivity contribution in [2.75, 3.05) is 42.1 Å². The van der Waals surface area contributed by atoms with Crippen molar-refractivity contribution in [3.05, 3.63) is 90.0 Å². The molecular weight excluding hydrogens is 460 g/mol. The third-order valence-corrected chi connectivity index (χ3v) is 8.26. The van der Waals surface area contributed by atoms with E-state index >= 15 is 0 Å². The number of nitrogens with zero attached hydrogens (tertiary/aromatic N) is 3. The number of carbonyl (C=O) groups is 1. The zero-order valence-electron chi connectivity index (χ0n) is 19.0. The van der Waals surface area contributed by atoms with Crippen molar-refractivity contribution >= 4 is 50.9 Å². The molecule has 174 valence electrons. The Labute approximate surface area is 209 Å². The fourth-order valence-electron chi connectivity index (χ4n) is 4.17. The van der Waals surface area contributed by atoms with E-state index in [1.54, 1.807) is 11.8 Å². The van der Waals surface area contributed by atoms with Gasteiger partial charge in [-0.25, -0.2) is 4.99 Å². The molecule has 1 N–H and O–H groups in total. The first-order valence-corrected chi connectivity index (χ1v) is 13.5. The summed E-state index contributed by atoms with van der Waals surface area (Å²) in [6.45, 7) is 5.14. The number of para-hydroxylation sites is 1. The third-order valence-electron chi connectivity index (χ3n) is 6.02. The van der Waals surface area contributed by atoms with Gasteiger partial charge in [0, 0.05) is 49.9 Å². The van der Waals surface area contributed by atoms with Crippen LogP contribution in [0.15, 0.2) is 83.9 Å².